The molecule has 0 aliphatic heterocycles. The molecule has 0 spiro atoms. The maximum Gasteiger partial charge on any atom is 0.319 e. The third kappa shape index (κ3) is 4.87. The van der Waals surface area contributed by atoms with Gasteiger partial charge in [-0.15, -0.1) is 0 Å². The van der Waals surface area contributed by atoms with Gasteiger partial charge in [-0.25, -0.2) is 4.79 Å². The van der Waals surface area contributed by atoms with Crippen molar-refractivity contribution in [2.24, 2.45) is 0 Å². The van der Waals surface area contributed by atoms with Crippen LogP contribution >= 0.6 is 22.6 Å². The number of urea groups is 1. The third-order valence-electron chi connectivity index (χ3n) is 3.76. The van der Waals surface area contributed by atoms with Gasteiger partial charge in [0.1, 0.15) is 0 Å². The van der Waals surface area contributed by atoms with Crippen LogP contribution in [-0.2, 0) is 4.79 Å². The van der Waals surface area contributed by atoms with Crippen LogP contribution in [0, 0.1) is 3.57 Å². The molecule has 2 rings (SSSR count). The Bertz CT molecular complexity index is 527. The molecule has 1 aromatic carbocycles. The normalized spacial score (nSPS) is 17.0. The molecule has 3 N–H and O–H groups in total. The summed E-state index contributed by atoms with van der Waals surface area (Å²) in [7, 11) is 0. The summed E-state index contributed by atoms with van der Waals surface area (Å²) in [6.45, 7) is 0. The van der Waals surface area contributed by atoms with Crippen molar-refractivity contribution in [2.45, 2.75) is 44.1 Å². The predicted molar refractivity (Wildman–Crippen MR) is 89.4 cm³/mol. The average Bonchev–Trinajstić information content (AvgIpc) is 2.38. The van der Waals surface area contributed by atoms with Crippen molar-refractivity contribution in [2.75, 3.05) is 5.32 Å². The second-order valence-electron chi connectivity index (χ2n) is 5.50. The summed E-state index contributed by atoms with van der Waals surface area (Å²) < 4.78 is 1.03. The first-order valence-electron chi connectivity index (χ1n) is 7.06. The highest BCUT2D eigenvalue weighted by Crippen LogP contribution is 2.31. The van der Waals surface area contributed by atoms with Crippen molar-refractivity contribution in [3.63, 3.8) is 0 Å². The minimum absolute atomic E-state index is 0.0211. The highest BCUT2D eigenvalue weighted by atomic mass is 127. The van der Waals surface area contributed by atoms with Gasteiger partial charge in [0.15, 0.2) is 0 Å². The van der Waals surface area contributed by atoms with Crippen molar-refractivity contribution >= 4 is 40.3 Å². The predicted octanol–water partition coefficient (Wildman–Crippen LogP) is 3.59. The molecule has 1 aliphatic carbocycles. The van der Waals surface area contributed by atoms with Crippen LogP contribution in [0.2, 0.25) is 0 Å². The number of anilines is 1. The molecule has 2 amide bonds. The number of nitrogens with one attached hydrogen (secondary N) is 2. The Balaban J connectivity index is 2.02. The first-order chi connectivity index (χ1) is 9.99. The van der Waals surface area contributed by atoms with Gasteiger partial charge in [-0.1, -0.05) is 25.3 Å². The van der Waals surface area contributed by atoms with E-state index in [-0.39, 0.29) is 12.5 Å². The molecule has 0 aromatic heterocycles. The van der Waals surface area contributed by atoms with Crippen LogP contribution in [0.25, 0.3) is 0 Å². The van der Waals surface area contributed by atoms with Gasteiger partial charge in [-0.2, -0.15) is 0 Å². The number of rotatable bonds is 4. The van der Waals surface area contributed by atoms with E-state index in [0.717, 1.165) is 35.7 Å². The highest BCUT2D eigenvalue weighted by molar-refractivity contribution is 14.1. The molecule has 0 radical (unpaired) electrons. The first-order valence-corrected chi connectivity index (χ1v) is 8.14. The van der Waals surface area contributed by atoms with Crippen molar-refractivity contribution < 1.29 is 14.7 Å². The summed E-state index contributed by atoms with van der Waals surface area (Å²) in [5, 5.41) is 14.8. The van der Waals surface area contributed by atoms with Crippen molar-refractivity contribution in [3.05, 3.63) is 27.8 Å². The highest BCUT2D eigenvalue weighted by Gasteiger charge is 2.35. The number of aliphatic carboxylic acids is 1. The van der Waals surface area contributed by atoms with Crippen LogP contribution in [-0.4, -0.2) is 22.6 Å². The van der Waals surface area contributed by atoms with Gasteiger partial charge in [0.25, 0.3) is 0 Å². The van der Waals surface area contributed by atoms with Crippen molar-refractivity contribution in [1.82, 2.24) is 5.32 Å². The maximum atomic E-state index is 12.2. The fraction of sp³-hybridized carbons (Fsp3) is 0.467. The molecule has 1 aromatic rings. The number of benzene rings is 1. The Labute approximate surface area is 137 Å². The van der Waals surface area contributed by atoms with E-state index >= 15 is 0 Å². The van der Waals surface area contributed by atoms with Gasteiger partial charge in [-0.3, -0.25) is 4.79 Å². The summed E-state index contributed by atoms with van der Waals surface area (Å²) in [6.07, 6.45) is 4.43. The Morgan fingerprint density at radius 1 is 1.24 bits per heavy atom. The molecule has 1 fully saturated rings. The Morgan fingerprint density at radius 2 is 1.95 bits per heavy atom. The number of carboxylic acid groups (broad SMARTS) is 1. The van der Waals surface area contributed by atoms with Crippen molar-refractivity contribution in [3.8, 4) is 0 Å². The molecule has 0 bridgehead atoms. The maximum absolute atomic E-state index is 12.2. The molecule has 21 heavy (non-hydrogen) atoms. The lowest BCUT2D eigenvalue weighted by Crippen LogP contribution is -2.52. The van der Waals surface area contributed by atoms with Crippen LogP contribution in [0.15, 0.2) is 24.3 Å². The third-order valence-corrected chi connectivity index (χ3v) is 4.43. The van der Waals surface area contributed by atoms with Gasteiger partial charge in [0.2, 0.25) is 0 Å². The van der Waals surface area contributed by atoms with Gasteiger partial charge in [0.05, 0.1) is 12.0 Å². The van der Waals surface area contributed by atoms with Crippen LogP contribution in [0.3, 0.4) is 0 Å². The molecular weight excluding hydrogens is 383 g/mol. The Kier molecular flexibility index (Phi) is 5.44. The molecular formula is C15H19IN2O3. The summed E-state index contributed by atoms with van der Waals surface area (Å²) in [5.41, 5.74) is 0.0940. The van der Waals surface area contributed by atoms with E-state index in [4.69, 9.17) is 5.11 Å². The summed E-state index contributed by atoms with van der Waals surface area (Å²) in [5.74, 6) is -0.869. The summed E-state index contributed by atoms with van der Waals surface area (Å²) in [4.78, 5) is 23.2. The molecule has 1 aliphatic rings. The van der Waals surface area contributed by atoms with E-state index in [1.54, 1.807) is 0 Å². The van der Waals surface area contributed by atoms with E-state index in [1.807, 2.05) is 24.3 Å². The number of carbonyl (C=O) groups excluding carboxylic acids is 1. The quantitative estimate of drug-likeness (QED) is 0.674. The van der Waals surface area contributed by atoms with Crippen LogP contribution in [0.5, 0.6) is 0 Å². The zero-order valence-corrected chi connectivity index (χ0v) is 13.9. The smallest absolute Gasteiger partial charge is 0.319 e. The summed E-state index contributed by atoms with van der Waals surface area (Å²) in [6, 6.07) is 7.15. The largest absolute Gasteiger partial charge is 0.481 e. The van der Waals surface area contributed by atoms with Gasteiger partial charge in [0, 0.05) is 9.26 Å². The SMILES string of the molecule is O=C(O)CC1(NC(=O)Nc2cccc(I)c2)CCCCC1. The summed E-state index contributed by atoms with van der Waals surface area (Å²) >= 11 is 2.18. The Morgan fingerprint density at radius 3 is 2.57 bits per heavy atom. The first kappa shape index (κ1) is 16.1. The number of hydrogen-bond acceptors (Lipinski definition) is 2. The number of hydrogen-bond donors (Lipinski definition) is 3. The van der Waals surface area contributed by atoms with Crippen LogP contribution < -0.4 is 10.6 Å². The van der Waals surface area contributed by atoms with E-state index < -0.39 is 11.5 Å². The molecule has 6 heteroatoms. The lowest BCUT2D eigenvalue weighted by molar-refractivity contribution is -0.138. The monoisotopic (exact) mass is 402 g/mol. The average molecular weight is 402 g/mol. The second-order valence-corrected chi connectivity index (χ2v) is 6.75. The minimum Gasteiger partial charge on any atom is -0.481 e. The number of carboxylic acids is 1. The van der Waals surface area contributed by atoms with E-state index in [2.05, 4.69) is 33.2 Å². The minimum atomic E-state index is -0.869. The van der Waals surface area contributed by atoms with Crippen LogP contribution in [0.4, 0.5) is 10.5 Å². The number of amides is 2. The van der Waals surface area contributed by atoms with E-state index in [0.29, 0.717) is 5.69 Å². The molecule has 1 saturated carbocycles. The van der Waals surface area contributed by atoms with E-state index in [1.165, 1.54) is 0 Å². The lowest BCUT2D eigenvalue weighted by Gasteiger charge is -2.36. The standard InChI is InChI=1S/C15H19IN2O3/c16-11-5-4-6-12(9-11)17-14(21)18-15(10-13(19)20)7-2-1-3-8-15/h4-6,9H,1-3,7-8,10H2,(H,19,20)(H2,17,18,21). The van der Waals surface area contributed by atoms with Crippen LogP contribution in [0.1, 0.15) is 38.5 Å². The van der Waals surface area contributed by atoms with Crippen molar-refractivity contribution in [1.29, 1.82) is 0 Å². The topological polar surface area (TPSA) is 78.4 Å². The zero-order chi connectivity index (χ0) is 15.3. The zero-order valence-electron chi connectivity index (χ0n) is 11.7. The Hall–Kier alpha value is -1.31. The van der Waals surface area contributed by atoms with Gasteiger partial charge in [-0.05, 0) is 53.6 Å². The lowest BCUT2D eigenvalue weighted by atomic mass is 9.79. The molecule has 0 atom stereocenters. The second kappa shape index (κ2) is 7.11. The number of halogens is 1. The molecule has 0 saturated heterocycles. The van der Waals surface area contributed by atoms with Gasteiger partial charge >= 0.3 is 12.0 Å². The molecule has 0 unspecified atom stereocenters. The van der Waals surface area contributed by atoms with Gasteiger partial charge < -0.3 is 15.7 Å². The molecule has 0 heterocycles. The van der Waals surface area contributed by atoms with E-state index in [9.17, 15) is 9.59 Å². The molecule has 114 valence electrons. The fourth-order valence-electron chi connectivity index (χ4n) is 2.83. The fourth-order valence-corrected chi connectivity index (χ4v) is 3.38. The molecule has 5 nitrogen and oxygen atoms in total. The number of carbonyl (C=O) groups is 2.